The van der Waals surface area contributed by atoms with Crippen LogP contribution >= 0.6 is 0 Å². The molecular weight excluding hydrogens is 329 g/mol. The number of hydrogen-bond donors (Lipinski definition) is 1. The molecule has 6 heteroatoms. The van der Waals surface area contributed by atoms with Gasteiger partial charge in [-0.05, 0) is 29.8 Å². The molecule has 0 fully saturated rings. The predicted octanol–water partition coefficient (Wildman–Crippen LogP) is 4.91. The Morgan fingerprint density at radius 2 is 1.76 bits per heavy atom. The molecule has 0 aliphatic rings. The number of nitrogens with one attached hydrogen (secondary N) is 1. The van der Waals surface area contributed by atoms with Crippen molar-refractivity contribution in [2.45, 2.75) is 6.18 Å². The van der Waals surface area contributed by atoms with E-state index >= 15 is 0 Å². The van der Waals surface area contributed by atoms with E-state index < -0.39 is 17.6 Å². The number of para-hydroxylation sites is 1. The Hall–Kier alpha value is -3.15. The number of pyridine rings is 1. The summed E-state index contributed by atoms with van der Waals surface area (Å²) in [5, 5.41) is 3.50. The van der Waals surface area contributed by atoms with E-state index in [9.17, 15) is 18.0 Å². The van der Waals surface area contributed by atoms with Crippen LogP contribution in [0.1, 0.15) is 11.1 Å². The molecule has 1 aromatic heterocycles. The topological polar surface area (TPSA) is 42.0 Å². The van der Waals surface area contributed by atoms with E-state index in [1.807, 2.05) is 12.1 Å². The fraction of sp³-hybridized carbons (Fsp3) is 0.0526. The van der Waals surface area contributed by atoms with Crippen LogP contribution in [0.3, 0.4) is 0 Å². The van der Waals surface area contributed by atoms with Gasteiger partial charge < -0.3 is 5.32 Å². The summed E-state index contributed by atoms with van der Waals surface area (Å²) in [7, 11) is 0. The minimum atomic E-state index is -4.48. The number of carbonyl (C=O) groups is 1. The van der Waals surface area contributed by atoms with Crippen LogP contribution in [0.25, 0.3) is 16.5 Å². The Morgan fingerprint density at radius 3 is 2.52 bits per heavy atom. The van der Waals surface area contributed by atoms with Crippen molar-refractivity contribution >= 4 is 28.1 Å². The van der Waals surface area contributed by atoms with Crippen molar-refractivity contribution < 1.29 is 18.0 Å². The van der Waals surface area contributed by atoms with Gasteiger partial charge in [0.2, 0.25) is 0 Å². The molecule has 0 aliphatic carbocycles. The molecule has 126 valence electrons. The number of halogens is 3. The highest BCUT2D eigenvalue weighted by Gasteiger charge is 2.30. The van der Waals surface area contributed by atoms with Crippen molar-refractivity contribution in [1.82, 2.24) is 4.98 Å². The first-order valence-corrected chi connectivity index (χ1v) is 7.38. The monoisotopic (exact) mass is 342 g/mol. The van der Waals surface area contributed by atoms with Gasteiger partial charge >= 0.3 is 6.18 Å². The summed E-state index contributed by atoms with van der Waals surface area (Å²) in [6.07, 6.45) is -2.88. The summed E-state index contributed by atoms with van der Waals surface area (Å²) in [6, 6.07) is 13.4. The van der Waals surface area contributed by atoms with Gasteiger partial charge in [0.25, 0.3) is 5.91 Å². The van der Waals surface area contributed by atoms with E-state index in [2.05, 4.69) is 16.9 Å². The number of rotatable bonds is 3. The third-order valence-electron chi connectivity index (χ3n) is 3.69. The van der Waals surface area contributed by atoms with Gasteiger partial charge in [-0.1, -0.05) is 36.9 Å². The van der Waals surface area contributed by atoms with Gasteiger partial charge in [0.15, 0.2) is 0 Å². The normalized spacial score (nSPS) is 11.3. The number of amides is 1. The maximum Gasteiger partial charge on any atom is 0.416 e. The van der Waals surface area contributed by atoms with E-state index in [1.165, 1.54) is 12.1 Å². The van der Waals surface area contributed by atoms with Crippen molar-refractivity contribution in [3.63, 3.8) is 0 Å². The number of hydrogen-bond acceptors (Lipinski definition) is 2. The minimum absolute atomic E-state index is 0.0564. The van der Waals surface area contributed by atoms with E-state index in [0.29, 0.717) is 11.2 Å². The van der Waals surface area contributed by atoms with Crippen LogP contribution in [-0.4, -0.2) is 10.9 Å². The summed E-state index contributed by atoms with van der Waals surface area (Å²) in [6.45, 7) is 3.62. The van der Waals surface area contributed by atoms with Crippen LogP contribution in [0.5, 0.6) is 0 Å². The second-order valence-electron chi connectivity index (χ2n) is 5.39. The zero-order chi connectivity index (χ0) is 18.0. The second-order valence-corrected chi connectivity index (χ2v) is 5.39. The van der Waals surface area contributed by atoms with Crippen molar-refractivity contribution in [2.24, 2.45) is 0 Å². The maximum absolute atomic E-state index is 12.8. The average molecular weight is 342 g/mol. The smallest absolute Gasteiger partial charge is 0.320 e. The summed E-state index contributed by atoms with van der Waals surface area (Å²) < 4.78 is 38.4. The molecule has 0 radical (unpaired) electrons. The van der Waals surface area contributed by atoms with Crippen LogP contribution in [0.2, 0.25) is 0 Å². The van der Waals surface area contributed by atoms with Crippen LogP contribution in [-0.2, 0) is 11.0 Å². The summed E-state index contributed by atoms with van der Waals surface area (Å²) in [5.74, 6) is -0.586. The van der Waals surface area contributed by atoms with Gasteiger partial charge in [0.05, 0.1) is 16.8 Å². The molecule has 25 heavy (non-hydrogen) atoms. The molecule has 3 aromatic rings. The Bertz CT molecular complexity index is 959. The van der Waals surface area contributed by atoms with Crippen molar-refractivity contribution in [3.05, 3.63) is 78.5 Å². The lowest BCUT2D eigenvalue weighted by molar-refractivity contribution is -0.137. The second kappa shape index (κ2) is 6.39. The van der Waals surface area contributed by atoms with Gasteiger partial charge in [-0.25, -0.2) is 0 Å². The lowest BCUT2D eigenvalue weighted by Gasteiger charge is -2.12. The van der Waals surface area contributed by atoms with Crippen molar-refractivity contribution in [3.8, 4) is 0 Å². The zero-order valence-electron chi connectivity index (χ0n) is 13.0. The Morgan fingerprint density at radius 1 is 1.04 bits per heavy atom. The molecule has 0 saturated heterocycles. The quantitative estimate of drug-likeness (QED) is 0.688. The van der Waals surface area contributed by atoms with E-state index in [1.54, 1.807) is 24.4 Å². The van der Waals surface area contributed by atoms with Gasteiger partial charge in [0, 0.05) is 17.2 Å². The van der Waals surface area contributed by atoms with Crippen molar-refractivity contribution in [1.29, 1.82) is 0 Å². The third-order valence-corrected chi connectivity index (χ3v) is 3.69. The van der Waals surface area contributed by atoms with Crippen LogP contribution in [0.4, 0.5) is 18.9 Å². The first kappa shape index (κ1) is 16.7. The fourth-order valence-electron chi connectivity index (χ4n) is 2.42. The highest BCUT2D eigenvalue weighted by atomic mass is 19.4. The number of alkyl halides is 3. The van der Waals surface area contributed by atoms with E-state index in [4.69, 9.17) is 0 Å². The fourth-order valence-corrected chi connectivity index (χ4v) is 2.42. The third kappa shape index (κ3) is 3.52. The Balaban J connectivity index is 1.87. The molecule has 0 bridgehead atoms. The SMILES string of the molecule is C=C(C(=O)Nc1cccc2cccnc12)c1cccc(C(F)(F)F)c1. The Labute approximate surface area is 141 Å². The zero-order valence-corrected chi connectivity index (χ0v) is 13.0. The number of benzene rings is 2. The Kier molecular flexibility index (Phi) is 4.27. The first-order chi connectivity index (χ1) is 11.9. The molecule has 0 aliphatic heterocycles. The average Bonchev–Trinajstić information content (AvgIpc) is 2.61. The van der Waals surface area contributed by atoms with Crippen LogP contribution in [0, 0.1) is 0 Å². The van der Waals surface area contributed by atoms with Crippen LogP contribution in [0.15, 0.2) is 67.4 Å². The predicted molar refractivity (Wildman–Crippen MR) is 90.9 cm³/mol. The lowest BCUT2D eigenvalue weighted by atomic mass is 10.0. The summed E-state index contributed by atoms with van der Waals surface area (Å²) in [4.78, 5) is 16.6. The molecule has 3 nitrogen and oxygen atoms in total. The molecule has 0 saturated carbocycles. The number of aromatic nitrogens is 1. The number of nitrogens with zero attached hydrogens (tertiary/aromatic N) is 1. The molecule has 0 atom stereocenters. The molecule has 1 N–H and O–H groups in total. The highest BCUT2D eigenvalue weighted by molar-refractivity contribution is 6.25. The molecule has 0 unspecified atom stereocenters. The highest BCUT2D eigenvalue weighted by Crippen LogP contribution is 2.31. The van der Waals surface area contributed by atoms with Gasteiger partial charge in [-0.15, -0.1) is 0 Å². The minimum Gasteiger partial charge on any atom is -0.320 e. The van der Waals surface area contributed by atoms with E-state index in [0.717, 1.165) is 17.5 Å². The number of anilines is 1. The van der Waals surface area contributed by atoms with Crippen molar-refractivity contribution in [2.75, 3.05) is 5.32 Å². The molecule has 0 spiro atoms. The van der Waals surface area contributed by atoms with Crippen LogP contribution < -0.4 is 5.32 Å². The number of fused-ring (bicyclic) bond motifs is 1. The van der Waals surface area contributed by atoms with Gasteiger partial charge in [-0.2, -0.15) is 13.2 Å². The summed E-state index contributed by atoms with van der Waals surface area (Å²) >= 11 is 0. The standard InChI is InChI=1S/C19H13F3N2O/c1-12(14-6-2-8-15(11-14)19(20,21)22)18(25)24-16-9-3-5-13-7-4-10-23-17(13)16/h2-11H,1H2,(H,24,25). The summed E-state index contributed by atoms with van der Waals surface area (Å²) in [5.41, 5.74) is 0.289. The maximum atomic E-state index is 12.8. The molecule has 2 aromatic carbocycles. The van der Waals surface area contributed by atoms with Gasteiger partial charge in [0.1, 0.15) is 0 Å². The molecule has 1 amide bonds. The number of carbonyl (C=O) groups excluding carboxylic acids is 1. The molecule has 1 heterocycles. The molecule has 3 rings (SSSR count). The first-order valence-electron chi connectivity index (χ1n) is 7.38. The largest absolute Gasteiger partial charge is 0.416 e. The van der Waals surface area contributed by atoms with E-state index in [-0.39, 0.29) is 11.1 Å². The molecular formula is C19H13F3N2O. The van der Waals surface area contributed by atoms with Gasteiger partial charge in [-0.3, -0.25) is 9.78 Å². The lowest BCUT2D eigenvalue weighted by Crippen LogP contribution is -2.14.